The Kier molecular flexibility index (Phi) is 11.3. The summed E-state index contributed by atoms with van der Waals surface area (Å²) in [5, 5.41) is 29.0. The van der Waals surface area contributed by atoms with Crippen molar-refractivity contribution in [1.82, 2.24) is 16.0 Å². The van der Waals surface area contributed by atoms with Crippen LogP contribution in [0.4, 0.5) is 0 Å². The van der Waals surface area contributed by atoms with Crippen molar-refractivity contribution in [3.63, 3.8) is 0 Å². The Labute approximate surface area is 205 Å². The van der Waals surface area contributed by atoms with Crippen molar-refractivity contribution in [3.8, 4) is 0 Å². The van der Waals surface area contributed by atoms with Gasteiger partial charge in [0.05, 0.1) is 10.8 Å². The van der Waals surface area contributed by atoms with Gasteiger partial charge in [0.15, 0.2) is 0 Å². The predicted octanol–water partition coefficient (Wildman–Crippen LogP) is 2.16. The second-order valence-corrected chi connectivity index (χ2v) is 9.62. The molecule has 1 aromatic heterocycles. The number of aryl methyl sites for hydroxylation is 1. The zero-order chi connectivity index (χ0) is 25.1. The predicted molar refractivity (Wildman–Crippen MR) is 135 cm³/mol. The Morgan fingerprint density at radius 1 is 1.03 bits per heavy atom. The van der Waals surface area contributed by atoms with Gasteiger partial charge in [0.2, 0.25) is 5.91 Å². The summed E-state index contributed by atoms with van der Waals surface area (Å²) in [6.07, 6.45) is 3.41. The molecule has 10 heteroatoms. The van der Waals surface area contributed by atoms with Gasteiger partial charge in [-0.15, -0.1) is 11.3 Å². The van der Waals surface area contributed by atoms with Crippen LogP contribution in [0.1, 0.15) is 65.6 Å². The first-order chi connectivity index (χ1) is 16.2. The van der Waals surface area contributed by atoms with Gasteiger partial charge in [-0.3, -0.25) is 14.4 Å². The van der Waals surface area contributed by atoms with E-state index >= 15 is 0 Å². The first-order valence-electron chi connectivity index (χ1n) is 11.6. The van der Waals surface area contributed by atoms with Crippen molar-refractivity contribution in [2.75, 3.05) is 6.54 Å². The lowest BCUT2D eigenvalue weighted by Gasteiger charge is -2.24. The van der Waals surface area contributed by atoms with Crippen LogP contribution in [0.15, 0.2) is 41.8 Å². The van der Waals surface area contributed by atoms with Gasteiger partial charge in [0.25, 0.3) is 11.8 Å². The molecule has 0 spiro atoms. The Balaban J connectivity index is 2.12. The highest BCUT2D eigenvalue weighted by atomic mass is 32.1. The number of carbonyl (C=O) groups excluding carboxylic acids is 3. The normalized spacial score (nSPS) is 12.6. The van der Waals surface area contributed by atoms with Crippen molar-refractivity contribution < 1.29 is 24.4 Å². The van der Waals surface area contributed by atoms with Crippen LogP contribution in [0.2, 0.25) is 0 Å². The average molecular weight is 487 g/mol. The smallest absolute Gasteiger partial charge is 0.426 e. The molecule has 2 atom stereocenters. The lowest BCUT2D eigenvalue weighted by Crippen LogP contribution is -2.57. The molecule has 2 aromatic rings. The highest BCUT2D eigenvalue weighted by Crippen LogP contribution is 2.10. The molecule has 1 heterocycles. The van der Waals surface area contributed by atoms with Gasteiger partial charge in [-0.25, -0.2) is 0 Å². The SMILES string of the molecule is CCCCc1ccc(C(=O)N[C@@H](CNC(=O)c2cccs2)C(=O)N[C@@H](CC(C)C)B(O)O)cc1. The minimum atomic E-state index is -1.75. The molecular weight excluding hydrogens is 453 g/mol. The topological polar surface area (TPSA) is 128 Å². The van der Waals surface area contributed by atoms with E-state index in [1.807, 2.05) is 26.0 Å². The van der Waals surface area contributed by atoms with Crippen molar-refractivity contribution in [3.05, 3.63) is 57.8 Å². The van der Waals surface area contributed by atoms with Crippen molar-refractivity contribution >= 4 is 36.2 Å². The standard InChI is InChI=1S/C24H34BN3O5S/c1-4-5-7-17-9-11-18(12-10-17)22(29)27-19(15-26-24(31)20-8-6-13-34-20)23(30)28-21(25(32)33)14-16(2)3/h6,8-13,16,19,21,32-33H,4-5,7,14-15H2,1-3H3,(H,26,31)(H,27,29)(H,28,30)/t19-,21-/m0/s1. The monoisotopic (exact) mass is 487 g/mol. The van der Waals surface area contributed by atoms with Gasteiger partial charge < -0.3 is 26.0 Å². The van der Waals surface area contributed by atoms with Gasteiger partial charge >= 0.3 is 7.12 Å². The molecule has 0 saturated heterocycles. The molecule has 2 rings (SSSR count). The zero-order valence-corrected chi connectivity index (χ0v) is 20.7. The van der Waals surface area contributed by atoms with Crippen LogP contribution in [0.5, 0.6) is 0 Å². The summed E-state index contributed by atoms with van der Waals surface area (Å²) < 4.78 is 0. The van der Waals surface area contributed by atoms with Gasteiger partial charge in [0, 0.05) is 12.1 Å². The Hall–Kier alpha value is -2.69. The summed E-state index contributed by atoms with van der Waals surface area (Å²) in [7, 11) is -1.75. The van der Waals surface area contributed by atoms with E-state index in [1.54, 1.807) is 29.6 Å². The van der Waals surface area contributed by atoms with Crippen molar-refractivity contribution in [2.24, 2.45) is 5.92 Å². The number of thiophene rings is 1. The third-order valence-corrected chi connectivity index (χ3v) is 6.15. The van der Waals surface area contributed by atoms with Gasteiger partial charge in [-0.2, -0.15) is 0 Å². The lowest BCUT2D eigenvalue weighted by atomic mass is 9.75. The molecule has 0 aliphatic heterocycles. The second kappa shape index (κ2) is 13.9. The van der Waals surface area contributed by atoms with Crippen LogP contribution < -0.4 is 16.0 Å². The molecule has 5 N–H and O–H groups in total. The summed E-state index contributed by atoms with van der Waals surface area (Å²) in [4.78, 5) is 38.7. The number of hydrogen-bond donors (Lipinski definition) is 5. The molecule has 0 fully saturated rings. The Bertz CT molecular complexity index is 919. The molecule has 3 amide bonds. The maximum absolute atomic E-state index is 13.0. The molecule has 0 aliphatic rings. The highest BCUT2D eigenvalue weighted by Gasteiger charge is 2.30. The van der Waals surface area contributed by atoms with Crippen LogP contribution in [0, 0.1) is 5.92 Å². The Morgan fingerprint density at radius 2 is 1.74 bits per heavy atom. The molecule has 0 saturated carbocycles. The van der Waals surface area contributed by atoms with E-state index in [-0.39, 0.29) is 18.4 Å². The number of hydrogen-bond acceptors (Lipinski definition) is 6. The second-order valence-electron chi connectivity index (χ2n) is 8.67. The van der Waals surface area contributed by atoms with Crippen LogP contribution in [0.3, 0.4) is 0 Å². The summed E-state index contributed by atoms with van der Waals surface area (Å²) in [5.74, 6) is -2.23. The number of benzene rings is 1. The minimum absolute atomic E-state index is 0.102. The fourth-order valence-electron chi connectivity index (χ4n) is 3.39. The van der Waals surface area contributed by atoms with Crippen LogP contribution in [-0.4, -0.2) is 53.4 Å². The first-order valence-corrected chi connectivity index (χ1v) is 12.5. The lowest BCUT2D eigenvalue weighted by molar-refractivity contribution is -0.123. The van der Waals surface area contributed by atoms with Gasteiger partial charge in [-0.1, -0.05) is 45.4 Å². The fourth-order valence-corrected chi connectivity index (χ4v) is 4.03. The van der Waals surface area contributed by atoms with Gasteiger partial charge in [0.1, 0.15) is 6.04 Å². The zero-order valence-electron chi connectivity index (χ0n) is 19.9. The largest absolute Gasteiger partial charge is 0.475 e. The molecular formula is C24H34BN3O5S. The minimum Gasteiger partial charge on any atom is -0.426 e. The number of nitrogens with one attached hydrogen (secondary N) is 3. The van der Waals surface area contributed by atoms with Gasteiger partial charge in [-0.05, 0) is 54.3 Å². The molecule has 34 heavy (non-hydrogen) atoms. The van der Waals surface area contributed by atoms with E-state index in [9.17, 15) is 24.4 Å². The highest BCUT2D eigenvalue weighted by molar-refractivity contribution is 7.12. The van der Waals surface area contributed by atoms with E-state index in [4.69, 9.17) is 0 Å². The molecule has 0 unspecified atom stereocenters. The molecule has 0 bridgehead atoms. The summed E-state index contributed by atoms with van der Waals surface area (Å²) in [6.45, 7) is 5.75. The number of rotatable bonds is 13. The van der Waals surface area contributed by atoms with Crippen LogP contribution >= 0.6 is 11.3 Å². The summed E-state index contributed by atoms with van der Waals surface area (Å²) in [6, 6.07) is 9.49. The van der Waals surface area contributed by atoms with E-state index in [1.165, 1.54) is 11.3 Å². The molecule has 1 aromatic carbocycles. The van der Waals surface area contributed by atoms with E-state index < -0.39 is 30.9 Å². The molecule has 184 valence electrons. The summed E-state index contributed by atoms with van der Waals surface area (Å²) >= 11 is 1.26. The number of amides is 3. The maximum Gasteiger partial charge on any atom is 0.475 e. The average Bonchev–Trinajstić information content (AvgIpc) is 3.34. The van der Waals surface area contributed by atoms with E-state index in [0.29, 0.717) is 16.9 Å². The van der Waals surface area contributed by atoms with Crippen molar-refractivity contribution in [1.29, 1.82) is 0 Å². The quantitative estimate of drug-likeness (QED) is 0.277. The van der Waals surface area contributed by atoms with Crippen LogP contribution in [0.25, 0.3) is 0 Å². The third-order valence-electron chi connectivity index (χ3n) is 5.28. The fraction of sp³-hybridized carbons (Fsp3) is 0.458. The van der Waals surface area contributed by atoms with Crippen LogP contribution in [-0.2, 0) is 11.2 Å². The maximum atomic E-state index is 13.0. The first kappa shape index (κ1) is 27.6. The number of unbranched alkanes of at least 4 members (excludes halogenated alkanes) is 1. The Morgan fingerprint density at radius 3 is 2.29 bits per heavy atom. The van der Waals surface area contributed by atoms with Crippen molar-refractivity contribution in [2.45, 2.75) is 58.4 Å². The molecule has 8 nitrogen and oxygen atoms in total. The van der Waals surface area contributed by atoms with E-state index in [2.05, 4.69) is 22.9 Å². The van der Waals surface area contributed by atoms with E-state index in [0.717, 1.165) is 24.8 Å². The molecule has 0 aliphatic carbocycles. The number of carbonyl (C=O) groups is 3. The molecule has 0 radical (unpaired) electrons. The third kappa shape index (κ3) is 8.93. The summed E-state index contributed by atoms with van der Waals surface area (Å²) in [5.41, 5.74) is 1.52.